The highest BCUT2D eigenvalue weighted by Gasteiger charge is 2.16. The zero-order valence-electron chi connectivity index (χ0n) is 16.0. The number of nitrogens with zero attached hydrogens (tertiary/aromatic N) is 5. The van der Waals surface area contributed by atoms with Crippen molar-refractivity contribution in [2.24, 2.45) is 5.18 Å². The summed E-state index contributed by atoms with van der Waals surface area (Å²) in [5, 5.41) is 5.02. The molecule has 0 spiro atoms. The van der Waals surface area contributed by atoms with Gasteiger partial charge in [0.1, 0.15) is 29.8 Å². The maximum absolute atomic E-state index is 14.0. The Morgan fingerprint density at radius 2 is 2.03 bits per heavy atom. The number of nitroso groups, excluding NO2 is 1. The van der Waals surface area contributed by atoms with E-state index in [2.05, 4.69) is 25.4 Å². The van der Waals surface area contributed by atoms with Crippen LogP contribution in [0, 0.1) is 10.7 Å². The van der Waals surface area contributed by atoms with Crippen molar-refractivity contribution < 1.29 is 18.3 Å². The van der Waals surface area contributed by atoms with Gasteiger partial charge >= 0.3 is 0 Å². The number of halogens is 2. The molecule has 0 unspecified atom stereocenters. The summed E-state index contributed by atoms with van der Waals surface area (Å²) in [6.07, 6.45) is 2.58. The number of carbonyl (C=O) groups excluding carboxylic acids is 1. The molecule has 1 N–H and O–H groups in total. The summed E-state index contributed by atoms with van der Waals surface area (Å²) in [6, 6.07) is 8.32. The van der Waals surface area contributed by atoms with Crippen molar-refractivity contribution in [3.05, 3.63) is 70.9 Å². The topological polar surface area (TPSA) is 111 Å². The Labute approximate surface area is 173 Å². The quantitative estimate of drug-likeness (QED) is 0.467. The summed E-state index contributed by atoms with van der Waals surface area (Å²) in [7, 11) is 1.52. The van der Waals surface area contributed by atoms with Gasteiger partial charge in [-0.25, -0.2) is 23.7 Å². The minimum Gasteiger partial charge on any atom is -0.497 e. The van der Waals surface area contributed by atoms with E-state index in [0.29, 0.717) is 16.8 Å². The molecule has 0 aliphatic heterocycles. The maximum atomic E-state index is 14.0. The third-order valence-corrected chi connectivity index (χ3v) is 4.46. The second-order valence-electron chi connectivity index (χ2n) is 6.32. The average Bonchev–Trinajstić information content (AvgIpc) is 3.17. The van der Waals surface area contributed by atoms with Gasteiger partial charge in [-0.05, 0) is 29.4 Å². The fourth-order valence-electron chi connectivity index (χ4n) is 3.01. The molecule has 0 aliphatic rings. The number of anilines is 1. The molecule has 11 heteroatoms. The van der Waals surface area contributed by atoms with Gasteiger partial charge in [0.25, 0.3) is 5.91 Å². The Hall–Kier alpha value is -4.28. The third-order valence-electron chi connectivity index (χ3n) is 4.46. The van der Waals surface area contributed by atoms with E-state index in [0.717, 1.165) is 12.1 Å². The number of ether oxygens (including phenoxy) is 1. The van der Waals surface area contributed by atoms with Crippen molar-refractivity contribution in [1.29, 1.82) is 0 Å². The maximum Gasteiger partial charge on any atom is 0.259 e. The van der Waals surface area contributed by atoms with Gasteiger partial charge in [-0.3, -0.25) is 9.36 Å². The van der Waals surface area contributed by atoms with E-state index in [1.165, 1.54) is 30.1 Å². The van der Waals surface area contributed by atoms with Crippen LogP contribution in [0.3, 0.4) is 0 Å². The zero-order chi connectivity index (χ0) is 22.0. The average molecular weight is 424 g/mol. The molecule has 2 heterocycles. The lowest BCUT2D eigenvalue weighted by atomic mass is 10.2. The normalized spacial score (nSPS) is 10.8. The number of aromatic nitrogens is 4. The molecule has 0 bridgehead atoms. The molecule has 0 aliphatic carbocycles. The third kappa shape index (κ3) is 3.80. The number of rotatable bonds is 6. The number of methoxy groups -OCH3 is 1. The predicted octanol–water partition coefficient (Wildman–Crippen LogP) is 4.08. The molecule has 0 saturated heterocycles. The second kappa shape index (κ2) is 8.22. The summed E-state index contributed by atoms with van der Waals surface area (Å²) >= 11 is 0. The number of alkyl halides is 1. The van der Waals surface area contributed by atoms with E-state index in [-0.39, 0.29) is 28.7 Å². The van der Waals surface area contributed by atoms with Gasteiger partial charge < -0.3 is 10.1 Å². The highest BCUT2D eigenvalue weighted by molar-refractivity contribution is 6.04. The molecule has 2 aromatic carbocycles. The van der Waals surface area contributed by atoms with Crippen LogP contribution in [0.4, 0.5) is 20.3 Å². The van der Waals surface area contributed by atoms with Crippen molar-refractivity contribution in [2.45, 2.75) is 6.67 Å². The minimum absolute atomic E-state index is 0.0543. The molecule has 0 fully saturated rings. The van der Waals surface area contributed by atoms with Gasteiger partial charge in [0.05, 0.1) is 36.1 Å². The first kappa shape index (κ1) is 20.0. The minimum atomic E-state index is -0.896. The molecule has 4 rings (SSSR count). The summed E-state index contributed by atoms with van der Waals surface area (Å²) in [5.41, 5.74) is 0.708. The van der Waals surface area contributed by atoms with Crippen LogP contribution in [0.15, 0.2) is 54.0 Å². The fraction of sp³-hybridized carbons (Fsp3) is 0.100. The fourth-order valence-corrected chi connectivity index (χ4v) is 3.01. The van der Waals surface area contributed by atoms with Crippen LogP contribution in [0.1, 0.15) is 16.2 Å². The van der Waals surface area contributed by atoms with E-state index in [4.69, 9.17) is 4.74 Å². The number of benzene rings is 2. The summed E-state index contributed by atoms with van der Waals surface area (Å²) in [6.45, 7) is -0.831. The molecule has 0 atom stereocenters. The van der Waals surface area contributed by atoms with Crippen molar-refractivity contribution in [2.75, 3.05) is 12.4 Å². The first-order chi connectivity index (χ1) is 15.0. The van der Waals surface area contributed by atoms with Crippen molar-refractivity contribution >= 4 is 28.4 Å². The Kier molecular flexibility index (Phi) is 5.31. The molecule has 0 radical (unpaired) electrons. The standard InChI is InChI=1S/C20H14F2N6O3/c1-31-12-3-5-16-15(7-12)25-18(8-21)28(16)19-10-23-17(9-24-19)26-20(29)13-4-2-11(27-30)6-14(13)22/h2-7,9-10H,8H2,1H3,(H,23,26,29). The molecular weight excluding hydrogens is 410 g/mol. The van der Waals surface area contributed by atoms with Gasteiger partial charge in [0.15, 0.2) is 11.6 Å². The van der Waals surface area contributed by atoms with E-state index in [9.17, 15) is 18.5 Å². The van der Waals surface area contributed by atoms with Gasteiger partial charge in [-0.15, -0.1) is 4.91 Å². The number of nitrogens with one attached hydrogen (secondary N) is 1. The lowest BCUT2D eigenvalue weighted by Crippen LogP contribution is -2.15. The highest BCUT2D eigenvalue weighted by atomic mass is 19.1. The van der Waals surface area contributed by atoms with Gasteiger partial charge in [0, 0.05) is 12.1 Å². The molecule has 2 aromatic heterocycles. The van der Waals surface area contributed by atoms with Crippen molar-refractivity contribution in [3.8, 4) is 11.6 Å². The second-order valence-corrected chi connectivity index (χ2v) is 6.32. The smallest absolute Gasteiger partial charge is 0.259 e. The number of hydrogen-bond donors (Lipinski definition) is 1. The van der Waals surface area contributed by atoms with Crippen LogP contribution in [-0.2, 0) is 6.67 Å². The number of imidazole rings is 1. The molecule has 4 aromatic rings. The lowest BCUT2D eigenvalue weighted by molar-refractivity contribution is 0.102. The van der Waals surface area contributed by atoms with E-state index in [1.54, 1.807) is 18.2 Å². The zero-order valence-corrected chi connectivity index (χ0v) is 16.0. The Bertz CT molecular complexity index is 1290. The number of carbonyl (C=O) groups is 1. The Morgan fingerprint density at radius 1 is 1.19 bits per heavy atom. The summed E-state index contributed by atoms with van der Waals surface area (Å²) in [4.78, 5) is 35.3. The molecule has 156 valence electrons. The summed E-state index contributed by atoms with van der Waals surface area (Å²) in [5.74, 6) is -0.630. The molecule has 1 amide bonds. The van der Waals surface area contributed by atoms with Crippen molar-refractivity contribution in [3.63, 3.8) is 0 Å². The van der Waals surface area contributed by atoms with Crippen LogP contribution in [-0.4, -0.2) is 32.5 Å². The van der Waals surface area contributed by atoms with Crippen molar-refractivity contribution in [1.82, 2.24) is 19.5 Å². The van der Waals surface area contributed by atoms with Crippen LogP contribution in [0.2, 0.25) is 0 Å². The molecule has 0 saturated carbocycles. The lowest BCUT2D eigenvalue weighted by Gasteiger charge is -2.09. The van der Waals surface area contributed by atoms with Gasteiger partial charge in [0.2, 0.25) is 0 Å². The number of amides is 1. The van der Waals surface area contributed by atoms with Crippen LogP contribution < -0.4 is 10.1 Å². The van der Waals surface area contributed by atoms with Gasteiger partial charge in [-0.1, -0.05) is 0 Å². The Balaban J connectivity index is 1.61. The largest absolute Gasteiger partial charge is 0.497 e. The highest BCUT2D eigenvalue weighted by Crippen LogP contribution is 2.25. The predicted molar refractivity (Wildman–Crippen MR) is 108 cm³/mol. The first-order valence-corrected chi connectivity index (χ1v) is 8.92. The van der Waals surface area contributed by atoms with Crippen LogP contribution in [0.25, 0.3) is 16.9 Å². The number of fused-ring (bicyclic) bond motifs is 1. The summed E-state index contributed by atoms with van der Waals surface area (Å²) < 4.78 is 34.2. The molecular formula is C20H14F2N6O3. The SMILES string of the molecule is COc1ccc2c(c1)nc(CF)n2-c1cnc(NC(=O)c2ccc(N=O)cc2F)cn1. The van der Waals surface area contributed by atoms with Gasteiger partial charge in [-0.2, -0.15) is 0 Å². The van der Waals surface area contributed by atoms with E-state index in [1.807, 2.05) is 0 Å². The van der Waals surface area contributed by atoms with E-state index >= 15 is 0 Å². The Morgan fingerprint density at radius 3 is 2.68 bits per heavy atom. The number of hydrogen-bond acceptors (Lipinski definition) is 7. The molecule has 31 heavy (non-hydrogen) atoms. The molecule has 9 nitrogen and oxygen atoms in total. The monoisotopic (exact) mass is 424 g/mol. The van der Waals surface area contributed by atoms with Crippen LogP contribution in [0.5, 0.6) is 5.75 Å². The first-order valence-electron chi connectivity index (χ1n) is 8.92. The van der Waals surface area contributed by atoms with E-state index < -0.39 is 18.4 Å². The van der Waals surface area contributed by atoms with Crippen LogP contribution >= 0.6 is 0 Å².